The van der Waals surface area contributed by atoms with Crippen LogP contribution in [-0.2, 0) is 12.6 Å². The van der Waals surface area contributed by atoms with E-state index in [9.17, 15) is 18.0 Å². The molecule has 1 aliphatic carbocycles. The molecule has 0 saturated carbocycles. The average molecular weight is 402 g/mol. The molecule has 0 aliphatic heterocycles. The Bertz CT molecular complexity index is 1090. The lowest BCUT2D eigenvalue weighted by Gasteiger charge is -2.16. The summed E-state index contributed by atoms with van der Waals surface area (Å²) in [5, 5.41) is 3.92. The quantitative estimate of drug-likeness (QED) is 0.590. The molecule has 0 amide bonds. The van der Waals surface area contributed by atoms with Crippen LogP contribution >= 0.6 is 0 Å². The van der Waals surface area contributed by atoms with Gasteiger partial charge in [0.1, 0.15) is 5.75 Å². The molecule has 0 spiro atoms. The SMILES string of the molecule is CC(C)Oc1ccc(-c2nc(-c3cccc4c3CCC4=O)no2)cc1C(F)(F)F. The zero-order valence-corrected chi connectivity index (χ0v) is 15.7. The first-order valence-corrected chi connectivity index (χ1v) is 9.11. The molecule has 5 nitrogen and oxygen atoms in total. The van der Waals surface area contributed by atoms with E-state index in [0.29, 0.717) is 24.0 Å². The first kappa shape index (κ1) is 19.2. The monoisotopic (exact) mass is 402 g/mol. The molecule has 0 fully saturated rings. The van der Waals surface area contributed by atoms with E-state index >= 15 is 0 Å². The van der Waals surface area contributed by atoms with Gasteiger partial charge in [-0.3, -0.25) is 4.79 Å². The van der Waals surface area contributed by atoms with Gasteiger partial charge >= 0.3 is 6.18 Å². The van der Waals surface area contributed by atoms with E-state index in [2.05, 4.69) is 10.1 Å². The molecule has 4 rings (SSSR count). The molecule has 1 aromatic heterocycles. The van der Waals surface area contributed by atoms with Crippen LogP contribution < -0.4 is 4.74 Å². The average Bonchev–Trinajstić information content (AvgIpc) is 3.28. The number of benzene rings is 2. The van der Waals surface area contributed by atoms with Crippen LogP contribution in [0.3, 0.4) is 0 Å². The third-order valence-corrected chi connectivity index (χ3v) is 4.64. The van der Waals surface area contributed by atoms with Crippen molar-refractivity contribution >= 4 is 5.78 Å². The maximum absolute atomic E-state index is 13.5. The fourth-order valence-electron chi connectivity index (χ4n) is 3.39. The number of alkyl halides is 3. The Morgan fingerprint density at radius 2 is 1.86 bits per heavy atom. The molecule has 3 aromatic rings. The van der Waals surface area contributed by atoms with E-state index in [1.165, 1.54) is 12.1 Å². The standard InChI is InChI=1S/C21H17F3N2O3/c1-11(2)28-18-9-6-12(10-16(18)21(22,23)24)20-25-19(26-29-20)15-5-3-4-14-13(15)7-8-17(14)27/h3-6,9-11H,7-8H2,1-2H3. The van der Waals surface area contributed by atoms with Gasteiger partial charge in [0.2, 0.25) is 5.82 Å². The second-order valence-corrected chi connectivity index (χ2v) is 7.05. The fourth-order valence-corrected chi connectivity index (χ4v) is 3.39. The summed E-state index contributed by atoms with van der Waals surface area (Å²) < 4.78 is 50.9. The fraction of sp³-hybridized carbons (Fsp3) is 0.286. The number of hydrogen-bond donors (Lipinski definition) is 0. The highest BCUT2D eigenvalue weighted by Gasteiger charge is 2.35. The number of ketones is 1. The smallest absolute Gasteiger partial charge is 0.419 e. The van der Waals surface area contributed by atoms with Gasteiger partial charge in [0.15, 0.2) is 5.78 Å². The molecular formula is C21H17F3N2O3. The summed E-state index contributed by atoms with van der Waals surface area (Å²) >= 11 is 0. The van der Waals surface area contributed by atoms with Crippen molar-refractivity contribution in [3.05, 3.63) is 53.1 Å². The van der Waals surface area contributed by atoms with Crippen LogP contribution in [0.15, 0.2) is 40.9 Å². The van der Waals surface area contributed by atoms with Crippen molar-refractivity contribution in [2.75, 3.05) is 0 Å². The Balaban J connectivity index is 1.73. The predicted octanol–water partition coefficient (Wildman–Crippen LogP) is 5.34. The highest BCUT2D eigenvalue weighted by molar-refractivity contribution is 6.02. The minimum absolute atomic E-state index is 0.0384. The van der Waals surface area contributed by atoms with E-state index in [0.717, 1.165) is 11.6 Å². The Kier molecular flexibility index (Phi) is 4.64. The highest BCUT2D eigenvalue weighted by atomic mass is 19.4. The highest BCUT2D eigenvalue weighted by Crippen LogP contribution is 2.39. The third kappa shape index (κ3) is 3.62. The van der Waals surface area contributed by atoms with Crippen molar-refractivity contribution in [2.24, 2.45) is 0 Å². The van der Waals surface area contributed by atoms with Crippen LogP contribution in [0.4, 0.5) is 13.2 Å². The second kappa shape index (κ2) is 7.02. The van der Waals surface area contributed by atoms with Crippen molar-refractivity contribution in [1.29, 1.82) is 0 Å². The Labute approximate surface area is 164 Å². The molecule has 0 atom stereocenters. The number of Topliss-reactive ketones (excluding diaryl/α,β-unsaturated/α-hetero) is 1. The van der Waals surface area contributed by atoms with E-state index < -0.39 is 17.8 Å². The van der Waals surface area contributed by atoms with Gasteiger partial charge in [0.05, 0.1) is 11.7 Å². The van der Waals surface area contributed by atoms with Gasteiger partial charge in [-0.1, -0.05) is 23.4 Å². The molecule has 29 heavy (non-hydrogen) atoms. The van der Waals surface area contributed by atoms with Crippen molar-refractivity contribution < 1.29 is 27.2 Å². The summed E-state index contributed by atoms with van der Waals surface area (Å²) in [6, 6.07) is 8.89. The maximum Gasteiger partial charge on any atom is 0.419 e. The van der Waals surface area contributed by atoms with Gasteiger partial charge in [0, 0.05) is 23.1 Å². The summed E-state index contributed by atoms with van der Waals surface area (Å²) in [4.78, 5) is 16.2. The Morgan fingerprint density at radius 3 is 2.59 bits per heavy atom. The van der Waals surface area contributed by atoms with Crippen LogP contribution in [0, 0.1) is 0 Å². The number of aromatic nitrogens is 2. The van der Waals surface area contributed by atoms with Crippen molar-refractivity contribution in [3.63, 3.8) is 0 Å². The number of rotatable bonds is 4. The lowest BCUT2D eigenvalue weighted by atomic mass is 10.0. The predicted molar refractivity (Wildman–Crippen MR) is 98.6 cm³/mol. The topological polar surface area (TPSA) is 65.2 Å². The molecule has 0 bridgehead atoms. The summed E-state index contributed by atoms with van der Waals surface area (Å²) in [5.41, 5.74) is 1.34. The molecule has 8 heteroatoms. The molecule has 0 saturated heterocycles. The number of carbonyl (C=O) groups is 1. The van der Waals surface area contributed by atoms with Crippen molar-refractivity contribution in [1.82, 2.24) is 10.1 Å². The van der Waals surface area contributed by atoms with Gasteiger partial charge < -0.3 is 9.26 Å². The van der Waals surface area contributed by atoms with Crippen LogP contribution in [0.5, 0.6) is 5.75 Å². The van der Waals surface area contributed by atoms with Crippen LogP contribution in [0.1, 0.15) is 41.8 Å². The zero-order chi connectivity index (χ0) is 20.8. The molecule has 2 aromatic carbocycles. The molecular weight excluding hydrogens is 385 g/mol. The first-order valence-electron chi connectivity index (χ1n) is 9.11. The van der Waals surface area contributed by atoms with Crippen molar-refractivity contribution in [2.45, 2.75) is 39.0 Å². The van der Waals surface area contributed by atoms with Crippen LogP contribution in [0.2, 0.25) is 0 Å². The summed E-state index contributed by atoms with van der Waals surface area (Å²) in [5.74, 6) is 0.00245. The molecule has 1 aliphatic rings. The van der Waals surface area contributed by atoms with Gasteiger partial charge in [-0.25, -0.2) is 0 Å². The number of carbonyl (C=O) groups excluding carboxylic acids is 1. The van der Waals surface area contributed by atoms with E-state index in [1.54, 1.807) is 32.0 Å². The second-order valence-electron chi connectivity index (χ2n) is 7.05. The molecule has 0 radical (unpaired) electrons. The van der Waals surface area contributed by atoms with Gasteiger partial charge in [0.25, 0.3) is 5.89 Å². The van der Waals surface area contributed by atoms with E-state index in [4.69, 9.17) is 9.26 Å². The third-order valence-electron chi connectivity index (χ3n) is 4.64. The first-order chi connectivity index (χ1) is 13.7. The maximum atomic E-state index is 13.5. The van der Waals surface area contributed by atoms with E-state index in [-0.39, 0.29) is 28.8 Å². The minimum Gasteiger partial charge on any atom is -0.490 e. The largest absolute Gasteiger partial charge is 0.490 e. The molecule has 150 valence electrons. The molecule has 0 N–H and O–H groups in total. The molecule has 0 unspecified atom stereocenters. The van der Waals surface area contributed by atoms with Crippen molar-refractivity contribution in [3.8, 4) is 28.6 Å². The van der Waals surface area contributed by atoms with Crippen LogP contribution in [0.25, 0.3) is 22.8 Å². The minimum atomic E-state index is -4.59. The molecule has 1 heterocycles. The summed E-state index contributed by atoms with van der Waals surface area (Å²) in [6.07, 6.45) is -4.00. The lowest BCUT2D eigenvalue weighted by Crippen LogP contribution is -2.13. The Hall–Kier alpha value is -3.16. The zero-order valence-electron chi connectivity index (χ0n) is 15.7. The van der Waals surface area contributed by atoms with E-state index in [1.807, 2.05) is 0 Å². The van der Waals surface area contributed by atoms with Gasteiger partial charge in [-0.15, -0.1) is 0 Å². The Morgan fingerprint density at radius 1 is 1.10 bits per heavy atom. The summed E-state index contributed by atoms with van der Waals surface area (Å²) in [6.45, 7) is 3.31. The number of ether oxygens (including phenoxy) is 1. The number of hydrogen-bond acceptors (Lipinski definition) is 5. The normalized spacial score (nSPS) is 13.8. The number of fused-ring (bicyclic) bond motifs is 1. The van der Waals surface area contributed by atoms with Gasteiger partial charge in [-0.05, 0) is 44.0 Å². The van der Waals surface area contributed by atoms with Crippen LogP contribution in [-0.4, -0.2) is 22.0 Å². The summed E-state index contributed by atoms with van der Waals surface area (Å²) in [7, 11) is 0. The number of halogens is 3. The van der Waals surface area contributed by atoms with Gasteiger partial charge in [-0.2, -0.15) is 18.2 Å². The lowest BCUT2D eigenvalue weighted by molar-refractivity contribution is -0.139. The number of nitrogens with zero attached hydrogens (tertiary/aromatic N) is 2.